The van der Waals surface area contributed by atoms with Gasteiger partial charge in [0.25, 0.3) is 0 Å². The second-order valence-corrected chi connectivity index (χ2v) is 4.71. The van der Waals surface area contributed by atoms with Crippen molar-refractivity contribution in [3.63, 3.8) is 0 Å². The second kappa shape index (κ2) is 7.94. The molecule has 0 spiro atoms. The van der Waals surface area contributed by atoms with E-state index in [4.69, 9.17) is 5.11 Å². The molecule has 84 valence electrons. The number of hydrogen-bond acceptors (Lipinski definition) is 3. The number of aliphatic carboxylic acids is 1. The van der Waals surface area contributed by atoms with Crippen LogP contribution in [0.3, 0.4) is 0 Å². The van der Waals surface area contributed by atoms with Gasteiger partial charge >= 0.3 is 5.97 Å². The maximum Gasteiger partial charge on any atom is 0.304 e. The second-order valence-electron chi connectivity index (χ2n) is 3.02. The van der Waals surface area contributed by atoms with Crippen LogP contribution in [0.15, 0.2) is 0 Å². The predicted molar refractivity (Wildman–Crippen MR) is 57.9 cm³/mol. The Labute approximate surface area is 87.7 Å². The van der Waals surface area contributed by atoms with Gasteiger partial charge in [-0.1, -0.05) is 13.8 Å². The van der Waals surface area contributed by atoms with E-state index < -0.39 is 16.8 Å². The Kier molecular flexibility index (Phi) is 7.70. The van der Waals surface area contributed by atoms with Crippen molar-refractivity contribution in [3.05, 3.63) is 0 Å². The maximum absolute atomic E-state index is 11.3. The van der Waals surface area contributed by atoms with E-state index in [9.17, 15) is 9.00 Å². The third-order valence-electron chi connectivity index (χ3n) is 2.07. The monoisotopic (exact) mass is 221 g/mol. The predicted octanol–water partition coefficient (Wildman–Crippen LogP) is 0.552. The highest BCUT2D eigenvalue weighted by Gasteiger charge is 2.05. The fourth-order valence-corrected chi connectivity index (χ4v) is 2.14. The molecule has 0 aromatic carbocycles. The third-order valence-corrected chi connectivity index (χ3v) is 3.37. The van der Waals surface area contributed by atoms with Crippen molar-refractivity contribution in [2.24, 2.45) is 0 Å². The number of carbonyl (C=O) groups is 1. The minimum atomic E-state index is -0.987. The SMILES string of the molecule is CCN(CC)CCS(=O)CCC(=O)O. The van der Waals surface area contributed by atoms with Crippen LogP contribution in [0, 0.1) is 0 Å². The van der Waals surface area contributed by atoms with Crippen LogP contribution in [0.5, 0.6) is 0 Å². The smallest absolute Gasteiger partial charge is 0.304 e. The summed E-state index contributed by atoms with van der Waals surface area (Å²) in [6.45, 7) is 6.81. The van der Waals surface area contributed by atoms with Crippen LogP contribution in [0.4, 0.5) is 0 Å². The summed E-state index contributed by atoms with van der Waals surface area (Å²) in [4.78, 5) is 12.4. The molecule has 14 heavy (non-hydrogen) atoms. The van der Waals surface area contributed by atoms with Gasteiger partial charge in [-0.2, -0.15) is 0 Å². The molecule has 0 aliphatic heterocycles. The molecule has 0 fully saturated rings. The van der Waals surface area contributed by atoms with Crippen molar-refractivity contribution >= 4 is 16.8 Å². The van der Waals surface area contributed by atoms with Crippen LogP contribution in [-0.4, -0.2) is 51.3 Å². The first-order chi connectivity index (χ1) is 6.60. The Bertz CT molecular complexity index is 192. The lowest BCUT2D eigenvalue weighted by Crippen LogP contribution is -2.28. The van der Waals surface area contributed by atoms with Gasteiger partial charge in [-0.25, -0.2) is 0 Å². The summed E-state index contributed by atoms with van der Waals surface area (Å²) in [5.74, 6) is -0.0212. The van der Waals surface area contributed by atoms with Gasteiger partial charge in [0.2, 0.25) is 0 Å². The molecule has 0 aromatic rings. The number of carboxylic acid groups (broad SMARTS) is 1. The zero-order valence-corrected chi connectivity index (χ0v) is 9.68. The van der Waals surface area contributed by atoms with E-state index in [1.54, 1.807) is 0 Å². The van der Waals surface area contributed by atoms with E-state index >= 15 is 0 Å². The molecule has 1 N–H and O–H groups in total. The Balaban J connectivity index is 3.57. The summed E-state index contributed by atoms with van der Waals surface area (Å²) < 4.78 is 11.3. The molecule has 0 rings (SSSR count). The lowest BCUT2D eigenvalue weighted by atomic mass is 10.5. The standard InChI is InChI=1S/C9H19NO3S/c1-3-10(4-2)6-8-14(13)7-5-9(11)12/h3-8H2,1-2H3,(H,11,12). The Morgan fingerprint density at radius 3 is 2.29 bits per heavy atom. The molecular weight excluding hydrogens is 202 g/mol. The Hall–Kier alpha value is -0.420. The normalized spacial score (nSPS) is 13.1. The summed E-state index contributed by atoms with van der Waals surface area (Å²) in [5.41, 5.74) is 0. The summed E-state index contributed by atoms with van der Waals surface area (Å²) in [7, 11) is -0.987. The molecule has 0 radical (unpaired) electrons. The average molecular weight is 221 g/mol. The summed E-state index contributed by atoms with van der Waals surface area (Å²) >= 11 is 0. The molecule has 0 aromatic heterocycles. The molecule has 0 aliphatic rings. The van der Waals surface area contributed by atoms with E-state index in [1.807, 2.05) is 0 Å². The third kappa shape index (κ3) is 7.03. The van der Waals surface area contributed by atoms with Crippen LogP contribution in [0.25, 0.3) is 0 Å². The number of nitrogens with zero attached hydrogens (tertiary/aromatic N) is 1. The van der Waals surface area contributed by atoms with Gasteiger partial charge in [0.1, 0.15) is 0 Å². The molecule has 0 bridgehead atoms. The van der Waals surface area contributed by atoms with Gasteiger partial charge < -0.3 is 10.0 Å². The van der Waals surface area contributed by atoms with E-state index in [2.05, 4.69) is 18.7 Å². The van der Waals surface area contributed by atoms with Crippen molar-refractivity contribution in [3.8, 4) is 0 Å². The Morgan fingerprint density at radius 2 is 1.86 bits per heavy atom. The lowest BCUT2D eigenvalue weighted by molar-refractivity contribution is -0.136. The fraction of sp³-hybridized carbons (Fsp3) is 0.889. The minimum absolute atomic E-state index is 0.00482. The quantitative estimate of drug-likeness (QED) is 0.650. The topological polar surface area (TPSA) is 57.6 Å². The van der Waals surface area contributed by atoms with E-state index in [0.29, 0.717) is 5.75 Å². The van der Waals surface area contributed by atoms with Gasteiger partial charge in [-0.15, -0.1) is 0 Å². The molecular formula is C9H19NO3S. The van der Waals surface area contributed by atoms with Crippen LogP contribution >= 0.6 is 0 Å². The first-order valence-corrected chi connectivity index (χ1v) is 6.38. The Morgan fingerprint density at radius 1 is 1.29 bits per heavy atom. The van der Waals surface area contributed by atoms with Crippen LogP contribution in [-0.2, 0) is 15.6 Å². The average Bonchev–Trinajstić information content (AvgIpc) is 2.16. The molecule has 0 aliphatic carbocycles. The summed E-state index contributed by atoms with van der Waals surface area (Å²) in [6, 6.07) is 0. The highest BCUT2D eigenvalue weighted by molar-refractivity contribution is 7.85. The van der Waals surface area contributed by atoms with E-state index in [1.165, 1.54) is 0 Å². The van der Waals surface area contributed by atoms with Gasteiger partial charge in [0.05, 0.1) is 6.42 Å². The maximum atomic E-state index is 11.3. The highest BCUT2D eigenvalue weighted by Crippen LogP contribution is 1.92. The van der Waals surface area contributed by atoms with Crippen molar-refractivity contribution in [1.82, 2.24) is 4.90 Å². The van der Waals surface area contributed by atoms with E-state index in [-0.39, 0.29) is 12.2 Å². The van der Waals surface area contributed by atoms with Crippen molar-refractivity contribution < 1.29 is 14.1 Å². The molecule has 5 heteroatoms. The molecule has 0 amide bonds. The lowest BCUT2D eigenvalue weighted by Gasteiger charge is -2.16. The number of hydrogen-bond donors (Lipinski definition) is 1. The van der Waals surface area contributed by atoms with Gasteiger partial charge in [-0.3, -0.25) is 9.00 Å². The molecule has 0 heterocycles. The first kappa shape index (κ1) is 13.6. The first-order valence-electron chi connectivity index (χ1n) is 4.89. The zero-order valence-electron chi connectivity index (χ0n) is 8.86. The van der Waals surface area contributed by atoms with Gasteiger partial charge in [-0.05, 0) is 13.1 Å². The van der Waals surface area contributed by atoms with Gasteiger partial charge in [0, 0.05) is 28.9 Å². The largest absolute Gasteiger partial charge is 0.481 e. The van der Waals surface area contributed by atoms with Gasteiger partial charge in [0.15, 0.2) is 0 Å². The minimum Gasteiger partial charge on any atom is -0.481 e. The van der Waals surface area contributed by atoms with E-state index in [0.717, 1.165) is 19.6 Å². The van der Waals surface area contributed by atoms with Crippen molar-refractivity contribution in [1.29, 1.82) is 0 Å². The fourth-order valence-electron chi connectivity index (χ4n) is 1.07. The van der Waals surface area contributed by atoms with Crippen LogP contribution in [0.2, 0.25) is 0 Å². The number of carboxylic acids is 1. The molecule has 4 nitrogen and oxygen atoms in total. The van der Waals surface area contributed by atoms with Crippen molar-refractivity contribution in [2.45, 2.75) is 20.3 Å². The molecule has 0 saturated carbocycles. The molecule has 1 unspecified atom stereocenters. The van der Waals surface area contributed by atoms with Crippen molar-refractivity contribution in [2.75, 3.05) is 31.1 Å². The molecule has 0 saturated heterocycles. The van der Waals surface area contributed by atoms with Crippen LogP contribution < -0.4 is 0 Å². The summed E-state index contributed by atoms with van der Waals surface area (Å²) in [6.07, 6.45) is 0.00482. The molecule has 1 atom stereocenters. The van der Waals surface area contributed by atoms with Crippen LogP contribution in [0.1, 0.15) is 20.3 Å². The summed E-state index contributed by atoms with van der Waals surface area (Å²) in [5, 5.41) is 8.39. The highest BCUT2D eigenvalue weighted by atomic mass is 32.2. The zero-order chi connectivity index (χ0) is 11.0. The number of rotatable bonds is 8.